The zero-order chi connectivity index (χ0) is 16.9. The minimum absolute atomic E-state index is 0.0646. The summed E-state index contributed by atoms with van der Waals surface area (Å²) in [5, 5.41) is 20.7. The average molecular weight is 322 g/mol. The lowest BCUT2D eigenvalue weighted by atomic mass is 9.95. The number of aliphatic hydroxyl groups is 1. The van der Waals surface area contributed by atoms with Crippen LogP contribution in [0.25, 0.3) is 0 Å². The third kappa shape index (κ3) is 4.28. The van der Waals surface area contributed by atoms with Gasteiger partial charge in [-0.3, -0.25) is 9.69 Å². The Hall–Kier alpha value is -1.49. The standard InChI is InChI=1S/C16H26N4O3/c1-4-5-7-16(18-19-16)8-6-14(22)17-10-15(11-21)12-23-9-13(2)20(15)3/h1,13,21H,5-12H2,2-3H3,(H,17,22)/t13-,15+/m1/s1. The van der Waals surface area contributed by atoms with Gasteiger partial charge in [-0.15, -0.1) is 12.3 Å². The van der Waals surface area contributed by atoms with Gasteiger partial charge < -0.3 is 15.2 Å². The number of hydrogen-bond donors (Lipinski definition) is 2. The third-order valence-corrected chi connectivity index (χ3v) is 4.85. The molecular formula is C16H26N4O3. The summed E-state index contributed by atoms with van der Waals surface area (Å²) in [5.41, 5.74) is -1.000. The second-order valence-corrected chi connectivity index (χ2v) is 6.52. The van der Waals surface area contributed by atoms with Crippen molar-refractivity contribution in [3.63, 3.8) is 0 Å². The maximum atomic E-state index is 12.1. The van der Waals surface area contributed by atoms with Gasteiger partial charge in [0.15, 0.2) is 5.66 Å². The van der Waals surface area contributed by atoms with Gasteiger partial charge in [-0.1, -0.05) is 0 Å². The Morgan fingerprint density at radius 3 is 2.87 bits per heavy atom. The Morgan fingerprint density at radius 1 is 1.52 bits per heavy atom. The van der Waals surface area contributed by atoms with Gasteiger partial charge in [0.05, 0.1) is 25.4 Å². The Kier molecular flexibility index (Phi) is 5.74. The van der Waals surface area contributed by atoms with E-state index in [1.165, 1.54) is 0 Å². The molecule has 2 heterocycles. The fourth-order valence-electron chi connectivity index (χ4n) is 2.82. The lowest BCUT2D eigenvalue weighted by Crippen LogP contribution is -2.65. The Balaban J connectivity index is 1.78. The summed E-state index contributed by atoms with van der Waals surface area (Å²) in [6.07, 6.45) is 7.49. The van der Waals surface area contributed by atoms with Crippen molar-refractivity contribution in [1.82, 2.24) is 10.2 Å². The summed E-state index contributed by atoms with van der Waals surface area (Å²) in [6.45, 7) is 3.37. The van der Waals surface area contributed by atoms with Gasteiger partial charge in [-0.05, 0) is 14.0 Å². The van der Waals surface area contributed by atoms with E-state index in [0.717, 1.165) is 0 Å². The number of nitrogens with one attached hydrogen (secondary N) is 1. The van der Waals surface area contributed by atoms with Crippen molar-refractivity contribution in [2.45, 2.75) is 49.9 Å². The fourth-order valence-corrected chi connectivity index (χ4v) is 2.82. The molecule has 2 rings (SSSR count). The number of rotatable bonds is 8. The molecule has 0 unspecified atom stereocenters. The number of amides is 1. The van der Waals surface area contributed by atoms with Gasteiger partial charge in [-0.25, -0.2) is 0 Å². The van der Waals surface area contributed by atoms with Crippen LogP contribution >= 0.6 is 0 Å². The van der Waals surface area contributed by atoms with Gasteiger partial charge >= 0.3 is 0 Å². The predicted octanol–water partition coefficient (Wildman–Crippen LogP) is 0.540. The molecule has 2 N–H and O–H groups in total. The zero-order valence-corrected chi connectivity index (χ0v) is 13.9. The minimum atomic E-state index is -0.567. The average Bonchev–Trinajstić information content (AvgIpc) is 3.33. The molecule has 128 valence electrons. The molecule has 1 fully saturated rings. The van der Waals surface area contributed by atoms with Gasteiger partial charge in [-0.2, -0.15) is 10.2 Å². The molecule has 2 aliphatic rings. The van der Waals surface area contributed by atoms with Crippen LogP contribution in [0.4, 0.5) is 0 Å². The molecule has 0 saturated carbocycles. The van der Waals surface area contributed by atoms with Crippen molar-refractivity contribution in [2.24, 2.45) is 10.2 Å². The second kappa shape index (κ2) is 7.39. The van der Waals surface area contributed by atoms with E-state index in [1.54, 1.807) is 0 Å². The molecular weight excluding hydrogens is 296 g/mol. The molecule has 0 radical (unpaired) electrons. The quantitative estimate of drug-likeness (QED) is 0.639. The molecule has 7 heteroatoms. The monoisotopic (exact) mass is 322 g/mol. The molecule has 1 saturated heterocycles. The normalized spacial score (nSPS) is 29.0. The number of hydrogen-bond acceptors (Lipinski definition) is 6. The van der Waals surface area contributed by atoms with Crippen LogP contribution in [0.3, 0.4) is 0 Å². The molecule has 7 nitrogen and oxygen atoms in total. The highest BCUT2D eigenvalue weighted by atomic mass is 16.5. The highest BCUT2D eigenvalue weighted by Gasteiger charge is 2.41. The first kappa shape index (κ1) is 17.9. The van der Waals surface area contributed by atoms with Crippen molar-refractivity contribution in [2.75, 3.05) is 33.4 Å². The molecule has 2 atom stereocenters. The van der Waals surface area contributed by atoms with Crippen LogP contribution < -0.4 is 5.32 Å². The van der Waals surface area contributed by atoms with Gasteiger partial charge in [0.1, 0.15) is 0 Å². The van der Waals surface area contributed by atoms with Gasteiger partial charge in [0.2, 0.25) is 5.91 Å². The molecule has 0 bridgehead atoms. The number of nitrogens with zero attached hydrogens (tertiary/aromatic N) is 3. The summed E-state index contributed by atoms with van der Waals surface area (Å²) in [7, 11) is 1.95. The minimum Gasteiger partial charge on any atom is -0.394 e. The van der Waals surface area contributed by atoms with E-state index in [-0.39, 0.29) is 18.6 Å². The van der Waals surface area contributed by atoms with Crippen LogP contribution in [0, 0.1) is 12.3 Å². The van der Waals surface area contributed by atoms with Crippen molar-refractivity contribution < 1.29 is 14.6 Å². The molecule has 1 amide bonds. The molecule has 0 spiro atoms. The van der Waals surface area contributed by atoms with Gasteiger partial charge in [0, 0.05) is 38.3 Å². The number of aliphatic hydroxyl groups excluding tert-OH is 1. The van der Waals surface area contributed by atoms with E-state index < -0.39 is 11.2 Å². The van der Waals surface area contributed by atoms with Crippen LogP contribution in [-0.4, -0.2) is 66.6 Å². The zero-order valence-electron chi connectivity index (χ0n) is 13.9. The maximum absolute atomic E-state index is 12.1. The number of carbonyl (C=O) groups excluding carboxylic acids is 1. The van der Waals surface area contributed by atoms with Crippen molar-refractivity contribution in [1.29, 1.82) is 0 Å². The van der Waals surface area contributed by atoms with E-state index in [4.69, 9.17) is 11.2 Å². The lowest BCUT2D eigenvalue weighted by Gasteiger charge is -2.47. The Labute approximate surface area is 137 Å². The fraction of sp³-hybridized carbons (Fsp3) is 0.812. The lowest BCUT2D eigenvalue weighted by molar-refractivity contribution is -0.127. The van der Waals surface area contributed by atoms with E-state index in [9.17, 15) is 9.90 Å². The summed E-state index contributed by atoms with van der Waals surface area (Å²) >= 11 is 0. The Morgan fingerprint density at radius 2 is 2.26 bits per heavy atom. The first-order valence-electron chi connectivity index (χ1n) is 8.03. The van der Waals surface area contributed by atoms with Crippen LogP contribution in [0.1, 0.15) is 32.6 Å². The van der Waals surface area contributed by atoms with Crippen LogP contribution in [0.2, 0.25) is 0 Å². The van der Waals surface area contributed by atoms with Crippen molar-refractivity contribution >= 4 is 5.91 Å². The number of carbonyl (C=O) groups is 1. The SMILES string of the molecule is C#CCCC1(CCC(=O)NC[C@]2(CO)COC[C@@H](C)N2C)N=N1. The van der Waals surface area contributed by atoms with Crippen molar-refractivity contribution in [3.8, 4) is 12.3 Å². The van der Waals surface area contributed by atoms with E-state index in [2.05, 4.69) is 26.4 Å². The molecule has 2 aliphatic heterocycles. The summed E-state index contributed by atoms with van der Waals surface area (Å²) in [5.74, 6) is 2.51. The first-order chi connectivity index (χ1) is 11.0. The highest BCUT2D eigenvalue weighted by molar-refractivity contribution is 5.76. The molecule has 23 heavy (non-hydrogen) atoms. The first-order valence-corrected chi connectivity index (χ1v) is 8.03. The summed E-state index contributed by atoms with van der Waals surface area (Å²) in [6, 6.07) is 0.198. The summed E-state index contributed by atoms with van der Waals surface area (Å²) < 4.78 is 5.56. The molecule has 0 aromatic rings. The highest BCUT2D eigenvalue weighted by Crippen LogP contribution is 2.37. The van der Waals surface area contributed by atoms with E-state index in [1.807, 2.05) is 14.0 Å². The second-order valence-electron chi connectivity index (χ2n) is 6.52. The number of ether oxygens (including phenoxy) is 1. The molecule has 0 aromatic heterocycles. The van der Waals surface area contributed by atoms with Crippen LogP contribution in [0.15, 0.2) is 10.2 Å². The largest absolute Gasteiger partial charge is 0.394 e. The number of likely N-dealkylation sites (N-methyl/N-ethyl adjacent to an activating group) is 1. The molecule has 0 aromatic carbocycles. The van der Waals surface area contributed by atoms with Crippen LogP contribution in [0.5, 0.6) is 0 Å². The Bertz CT molecular complexity index is 496. The van der Waals surface area contributed by atoms with Crippen molar-refractivity contribution in [3.05, 3.63) is 0 Å². The maximum Gasteiger partial charge on any atom is 0.220 e. The smallest absolute Gasteiger partial charge is 0.220 e. The predicted molar refractivity (Wildman–Crippen MR) is 85.8 cm³/mol. The van der Waals surface area contributed by atoms with E-state index in [0.29, 0.717) is 45.4 Å². The van der Waals surface area contributed by atoms with Crippen LogP contribution in [-0.2, 0) is 9.53 Å². The number of terminal acetylenes is 1. The summed E-state index contributed by atoms with van der Waals surface area (Å²) in [4.78, 5) is 14.2. The van der Waals surface area contributed by atoms with Gasteiger partial charge in [0.25, 0.3) is 0 Å². The van der Waals surface area contributed by atoms with E-state index >= 15 is 0 Å². The number of morpholine rings is 1. The topological polar surface area (TPSA) is 86.5 Å². The third-order valence-electron chi connectivity index (χ3n) is 4.85. The molecule has 0 aliphatic carbocycles.